The fourth-order valence-electron chi connectivity index (χ4n) is 3.04. The molecule has 0 radical (unpaired) electrons. The van der Waals surface area contributed by atoms with Crippen LogP contribution in [-0.2, 0) is 0 Å². The fraction of sp³-hybridized carbons (Fsp3) is 0.111. The van der Waals surface area contributed by atoms with Gasteiger partial charge >= 0.3 is 6.18 Å². The first-order valence-corrected chi connectivity index (χ1v) is 7.72. The van der Waals surface area contributed by atoms with Crippen molar-refractivity contribution in [3.05, 3.63) is 71.8 Å². The van der Waals surface area contributed by atoms with E-state index in [1.807, 2.05) is 24.3 Å². The number of rotatable bonds is 0. The first-order chi connectivity index (χ1) is 10.6. The molecule has 0 aromatic heterocycles. The Labute approximate surface area is 130 Å². The molecule has 1 heterocycles. The lowest BCUT2D eigenvalue weighted by atomic mass is 9.88. The quantitative estimate of drug-likeness (QED) is 0.490. The van der Waals surface area contributed by atoms with Crippen LogP contribution < -0.4 is 0 Å². The number of benzene rings is 3. The van der Waals surface area contributed by atoms with E-state index in [1.54, 1.807) is 36.4 Å². The third-order valence-corrected chi connectivity index (χ3v) is 5.24. The highest BCUT2D eigenvalue weighted by molar-refractivity contribution is 7.99. The van der Waals surface area contributed by atoms with Gasteiger partial charge in [-0.15, -0.1) is 0 Å². The van der Waals surface area contributed by atoms with Crippen molar-refractivity contribution in [1.29, 1.82) is 0 Å². The average Bonchev–Trinajstić information content (AvgIpc) is 2.51. The van der Waals surface area contributed by atoms with Crippen LogP contribution >= 0.6 is 11.8 Å². The summed E-state index contributed by atoms with van der Waals surface area (Å²) in [6.07, 6.45) is -4.30. The lowest BCUT2D eigenvalue weighted by Crippen LogP contribution is -2.25. The normalized spacial score (nSPS) is 17.1. The van der Waals surface area contributed by atoms with E-state index < -0.39 is 12.1 Å². The van der Waals surface area contributed by atoms with Crippen LogP contribution in [0.2, 0.25) is 0 Å². The molecule has 4 heteroatoms. The zero-order valence-corrected chi connectivity index (χ0v) is 12.2. The van der Waals surface area contributed by atoms with Gasteiger partial charge in [-0.25, -0.2) is 0 Å². The van der Waals surface area contributed by atoms with Gasteiger partial charge in [0.05, 0.1) is 0 Å². The summed E-state index contributed by atoms with van der Waals surface area (Å²) in [5.41, 5.74) is 0.706. The van der Waals surface area contributed by atoms with Crippen molar-refractivity contribution in [2.75, 3.05) is 0 Å². The Balaban J connectivity index is 2.05. The summed E-state index contributed by atoms with van der Waals surface area (Å²) in [5.74, 6) is -1.55. The predicted molar refractivity (Wildman–Crippen MR) is 82.4 cm³/mol. The Kier molecular flexibility index (Phi) is 2.98. The van der Waals surface area contributed by atoms with Crippen molar-refractivity contribution in [1.82, 2.24) is 0 Å². The molecule has 22 heavy (non-hydrogen) atoms. The first kappa shape index (κ1) is 13.7. The van der Waals surface area contributed by atoms with Gasteiger partial charge in [0.1, 0.15) is 5.92 Å². The Morgan fingerprint density at radius 2 is 1.50 bits per heavy atom. The van der Waals surface area contributed by atoms with Gasteiger partial charge in [0.15, 0.2) is 0 Å². The molecule has 0 spiro atoms. The summed E-state index contributed by atoms with van der Waals surface area (Å²) in [6.45, 7) is 0. The van der Waals surface area contributed by atoms with Crippen LogP contribution in [0.3, 0.4) is 0 Å². The lowest BCUT2D eigenvalue weighted by molar-refractivity contribution is -0.142. The second-order valence-corrected chi connectivity index (χ2v) is 6.37. The molecular formula is C18H11F3S. The molecule has 4 rings (SSSR count). The van der Waals surface area contributed by atoms with Crippen molar-refractivity contribution in [3.63, 3.8) is 0 Å². The summed E-state index contributed by atoms with van der Waals surface area (Å²) in [4.78, 5) is 1.41. The van der Waals surface area contributed by atoms with E-state index in [0.29, 0.717) is 16.0 Å². The predicted octanol–water partition coefficient (Wildman–Crippen LogP) is 6.00. The van der Waals surface area contributed by atoms with Crippen molar-refractivity contribution >= 4 is 22.5 Å². The van der Waals surface area contributed by atoms with Gasteiger partial charge in [0.2, 0.25) is 0 Å². The first-order valence-electron chi connectivity index (χ1n) is 6.91. The molecule has 3 aromatic rings. The van der Waals surface area contributed by atoms with Crippen LogP contribution in [0.5, 0.6) is 0 Å². The fourth-order valence-corrected chi connectivity index (χ4v) is 4.31. The third-order valence-electron chi connectivity index (χ3n) is 3.99. The number of hydrogen-bond acceptors (Lipinski definition) is 1. The van der Waals surface area contributed by atoms with Gasteiger partial charge in [-0.3, -0.25) is 0 Å². The molecule has 0 amide bonds. The maximum atomic E-state index is 13.7. The molecule has 3 aromatic carbocycles. The van der Waals surface area contributed by atoms with Crippen LogP contribution in [0, 0.1) is 0 Å². The third kappa shape index (κ3) is 2.02. The molecule has 0 saturated carbocycles. The van der Waals surface area contributed by atoms with Gasteiger partial charge in [-0.2, -0.15) is 13.2 Å². The van der Waals surface area contributed by atoms with Gasteiger partial charge in [0.25, 0.3) is 0 Å². The minimum absolute atomic E-state index is 0.350. The average molecular weight is 316 g/mol. The standard InChI is InChI=1S/C18H11F3S/c19-18(20,21)16-13-7-3-4-8-15(13)22-17-12-6-2-1-5-11(12)9-10-14(16)17/h1-10,16H. The molecule has 1 aliphatic heterocycles. The Hall–Kier alpha value is -1.94. The SMILES string of the molecule is FC(F)(F)C1c2ccccc2Sc2c1ccc1ccccc21. The van der Waals surface area contributed by atoms with E-state index in [4.69, 9.17) is 0 Å². The van der Waals surface area contributed by atoms with Crippen LogP contribution in [0.4, 0.5) is 13.2 Å². The van der Waals surface area contributed by atoms with Crippen molar-refractivity contribution in [2.24, 2.45) is 0 Å². The molecule has 110 valence electrons. The zero-order valence-electron chi connectivity index (χ0n) is 11.4. The summed E-state index contributed by atoms with van der Waals surface area (Å²) in [5, 5.41) is 1.85. The van der Waals surface area contributed by atoms with Gasteiger partial charge in [-0.05, 0) is 28.0 Å². The van der Waals surface area contributed by atoms with E-state index in [0.717, 1.165) is 15.7 Å². The number of hydrogen-bond donors (Lipinski definition) is 0. The van der Waals surface area contributed by atoms with E-state index in [-0.39, 0.29) is 0 Å². The van der Waals surface area contributed by atoms with Crippen LogP contribution in [0.25, 0.3) is 10.8 Å². The monoisotopic (exact) mass is 316 g/mol. The maximum Gasteiger partial charge on any atom is 0.399 e. The molecule has 1 aliphatic rings. The van der Waals surface area contributed by atoms with E-state index in [9.17, 15) is 13.2 Å². The van der Waals surface area contributed by atoms with Crippen molar-refractivity contribution in [3.8, 4) is 0 Å². The number of alkyl halides is 3. The van der Waals surface area contributed by atoms with E-state index in [1.165, 1.54) is 11.8 Å². The van der Waals surface area contributed by atoms with Gasteiger partial charge in [0, 0.05) is 9.79 Å². The lowest BCUT2D eigenvalue weighted by Gasteiger charge is -2.30. The molecule has 0 aliphatic carbocycles. The summed E-state index contributed by atoms with van der Waals surface area (Å²) >= 11 is 1.43. The zero-order chi connectivity index (χ0) is 15.3. The Morgan fingerprint density at radius 1 is 0.773 bits per heavy atom. The van der Waals surface area contributed by atoms with Crippen molar-refractivity contribution in [2.45, 2.75) is 21.9 Å². The van der Waals surface area contributed by atoms with Gasteiger partial charge < -0.3 is 0 Å². The Bertz CT molecular complexity index is 868. The van der Waals surface area contributed by atoms with Crippen LogP contribution in [0.1, 0.15) is 17.0 Å². The maximum absolute atomic E-state index is 13.7. The minimum Gasteiger partial charge on any atom is -0.170 e. The largest absolute Gasteiger partial charge is 0.399 e. The topological polar surface area (TPSA) is 0 Å². The number of halogens is 3. The molecule has 1 atom stereocenters. The van der Waals surface area contributed by atoms with Crippen LogP contribution in [0.15, 0.2) is 70.5 Å². The second kappa shape index (κ2) is 4.78. The molecule has 1 unspecified atom stereocenters. The Morgan fingerprint density at radius 3 is 2.32 bits per heavy atom. The number of fused-ring (bicyclic) bond motifs is 4. The highest BCUT2D eigenvalue weighted by Crippen LogP contribution is 2.53. The minimum atomic E-state index is -4.30. The smallest absolute Gasteiger partial charge is 0.170 e. The molecule has 0 N–H and O–H groups in total. The van der Waals surface area contributed by atoms with E-state index >= 15 is 0 Å². The molecule has 0 nitrogen and oxygen atoms in total. The molecule has 0 bridgehead atoms. The molecule has 0 fully saturated rings. The van der Waals surface area contributed by atoms with Gasteiger partial charge in [-0.1, -0.05) is 66.4 Å². The molecular weight excluding hydrogens is 305 g/mol. The van der Waals surface area contributed by atoms with Crippen molar-refractivity contribution < 1.29 is 13.2 Å². The summed E-state index contributed by atoms with van der Waals surface area (Å²) in [7, 11) is 0. The molecule has 0 saturated heterocycles. The highest BCUT2D eigenvalue weighted by atomic mass is 32.2. The summed E-state index contributed by atoms with van der Waals surface area (Å²) in [6, 6.07) is 17.8. The van der Waals surface area contributed by atoms with Crippen LogP contribution in [-0.4, -0.2) is 6.18 Å². The highest BCUT2D eigenvalue weighted by Gasteiger charge is 2.46. The second-order valence-electron chi connectivity index (χ2n) is 5.32. The van der Waals surface area contributed by atoms with E-state index in [2.05, 4.69) is 0 Å². The summed E-state index contributed by atoms with van der Waals surface area (Å²) < 4.78 is 41.1.